The van der Waals surface area contributed by atoms with E-state index < -0.39 is 0 Å². The van der Waals surface area contributed by atoms with Gasteiger partial charge in [-0.05, 0) is 12.8 Å². The van der Waals surface area contributed by atoms with Gasteiger partial charge in [-0.25, -0.2) is 9.97 Å². The van der Waals surface area contributed by atoms with E-state index in [4.69, 9.17) is 9.31 Å². The molecule has 0 fully saturated rings. The lowest BCUT2D eigenvalue weighted by molar-refractivity contribution is 0.207. The molecule has 1 heterocycles. The van der Waals surface area contributed by atoms with Crippen molar-refractivity contribution in [2.45, 2.75) is 26.7 Å². The third-order valence-corrected chi connectivity index (χ3v) is 1.80. The van der Waals surface area contributed by atoms with E-state index in [0.29, 0.717) is 13.2 Å². The molecule has 0 bridgehead atoms. The molecule has 0 N–H and O–H groups in total. The highest BCUT2D eigenvalue weighted by molar-refractivity contribution is 6.61. The molecule has 0 saturated carbocycles. The van der Waals surface area contributed by atoms with Gasteiger partial charge >= 0.3 is 7.12 Å². The fraction of sp³-hybridized carbons (Fsp3) is 0.600. The summed E-state index contributed by atoms with van der Waals surface area (Å²) in [4.78, 5) is 7.90. The third-order valence-electron chi connectivity index (χ3n) is 1.80. The third kappa shape index (κ3) is 4.40. The Morgan fingerprint density at radius 1 is 1.07 bits per heavy atom. The summed E-state index contributed by atoms with van der Waals surface area (Å²) in [5, 5.41) is 0. The molecule has 0 atom stereocenters. The summed E-state index contributed by atoms with van der Waals surface area (Å²) in [7, 11) is -0.328. The van der Waals surface area contributed by atoms with Crippen LogP contribution in [0.4, 0.5) is 0 Å². The molecule has 15 heavy (non-hydrogen) atoms. The van der Waals surface area contributed by atoms with Crippen molar-refractivity contribution in [3.8, 4) is 0 Å². The van der Waals surface area contributed by atoms with Crippen LogP contribution >= 0.6 is 0 Å². The van der Waals surface area contributed by atoms with Crippen LogP contribution in [0.1, 0.15) is 26.7 Å². The number of hydrogen-bond donors (Lipinski definition) is 0. The minimum Gasteiger partial charge on any atom is -0.407 e. The Labute approximate surface area is 91.2 Å². The summed E-state index contributed by atoms with van der Waals surface area (Å²) in [6.07, 6.45) is 6.89. The standard InChI is InChI=1S/C10H17BN2O2/c1-3-5-14-11(15-6-4-2)10-7-12-9-13-8-10/h7-9H,3-6H2,1-2H3. The Hall–Kier alpha value is -0.935. The molecule has 1 rings (SSSR count). The highest BCUT2D eigenvalue weighted by Gasteiger charge is 2.21. The number of hydrogen-bond acceptors (Lipinski definition) is 4. The van der Waals surface area contributed by atoms with Crippen molar-refractivity contribution < 1.29 is 9.31 Å². The van der Waals surface area contributed by atoms with Crippen LogP contribution < -0.4 is 5.46 Å². The van der Waals surface area contributed by atoms with Crippen LogP contribution in [0.3, 0.4) is 0 Å². The Morgan fingerprint density at radius 3 is 2.07 bits per heavy atom. The van der Waals surface area contributed by atoms with E-state index in [1.54, 1.807) is 12.4 Å². The van der Waals surface area contributed by atoms with Crippen molar-refractivity contribution in [2.24, 2.45) is 0 Å². The van der Waals surface area contributed by atoms with Crippen molar-refractivity contribution in [1.82, 2.24) is 9.97 Å². The molecular formula is C10H17BN2O2. The Balaban J connectivity index is 2.55. The van der Waals surface area contributed by atoms with Gasteiger partial charge in [-0.2, -0.15) is 0 Å². The van der Waals surface area contributed by atoms with Crippen molar-refractivity contribution in [1.29, 1.82) is 0 Å². The minimum atomic E-state index is -0.328. The molecule has 0 aliphatic rings. The topological polar surface area (TPSA) is 44.2 Å². The van der Waals surface area contributed by atoms with Crippen LogP contribution in [0.5, 0.6) is 0 Å². The monoisotopic (exact) mass is 208 g/mol. The summed E-state index contributed by atoms with van der Waals surface area (Å²) in [6, 6.07) is 0. The predicted molar refractivity (Wildman–Crippen MR) is 59.9 cm³/mol. The van der Waals surface area contributed by atoms with Crippen LogP contribution in [0, 0.1) is 0 Å². The van der Waals surface area contributed by atoms with E-state index in [0.717, 1.165) is 18.3 Å². The summed E-state index contributed by atoms with van der Waals surface area (Å²) in [5.41, 5.74) is 0.874. The maximum Gasteiger partial charge on any atom is 0.497 e. The minimum absolute atomic E-state index is 0.328. The second-order valence-corrected chi connectivity index (χ2v) is 3.25. The molecule has 0 unspecified atom stereocenters. The van der Waals surface area contributed by atoms with E-state index in [-0.39, 0.29) is 7.12 Å². The summed E-state index contributed by atoms with van der Waals surface area (Å²) < 4.78 is 11.2. The van der Waals surface area contributed by atoms with Gasteiger partial charge in [0, 0.05) is 31.1 Å². The molecule has 82 valence electrons. The van der Waals surface area contributed by atoms with Crippen LogP contribution in [0.2, 0.25) is 0 Å². The van der Waals surface area contributed by atoms with Crippen molar-refractivity contribution in [3.63, 3.8) is 0 Å². The second kappa shape index (κ2) is 7.37. The lowest BCUT2D eigenvalue weighted by atomic mass is 9.81. The van der Waals surface area contributed by atoms with Gasteiger partial charge in [0.25, 0.3) is 0 Å². The van der Waals surface area contributed by atoms with Crippen LogP contribution in [-0.2, 0) is 9.31 Å². The maximum absolute atomic E-state index is 5.58. The second-order valence-electron chi connectivity index (χ2n) is 3.25. The Kier molecular flexibility index (Phi) is 5.96. The van der Waals surface area contributed by atoms with Crippen molar-refractivity contribution in [2.75, 3.05) is 13.2 Å². The number of aromatic nitrogens is 2. The van der Waals surface area contributed by atoms with Gasteiger partial charge in [-0.1, -0.05) is 13.8 Å². The molecular weight excluding hydrogens is 191 g/mol. The molecule has 0 radical (unpaired) electrons. The SMILES string of the molecule is CCCOB(OCCC)c1cncnc1. The van der Waals surface area contributed by atoms with Crippen LogP contribution in [-0.4, -0.2) is 30.3 Å². The number of rotatable bonds is 7. The average molecular weight is 208 g/mol. The molecule has 0 amide bonds. The molecule has 4 nitrogen and oxygen atoms in total. The fourth-order valence-corrected chi connectivity index (χ4v) is 1.12. The first kappa shape index (κ1) is 12.1. The zero-order chi connectivity index (χ0) is 10.9. The van der Waals surface area contributed by atoms with Gasteiger partial charge in [0.15, 0.2) is 0 Å². The van der Waals surface area contributed by atoms with Crippen LogP contribution in [0.25, 0.3) is 0 Å². The lowest BCUT2D eigenvalue weighted by Gasteiger charge is -2.13. The van der Waals surface area contributed by atoms with E-state index >= 15 is 0 Å². The summed E-state index contributed by atoms with van der Waals surface area (Å²) in [5.74, 6) is 0. The summed E-state index contributed by atoms with van der Waals surface area (Å²) >= 11 is 0. The zero-order valence-electron chi connectivity index (χ0n) is 9.35. The molecule has 0 saturated heterocycles. The van der Waals surface area contributed by atoms with Gasteiger partial charge in [0.2, 0.25) is 0 Å². The summed E-state index contributed by atoms with van der Waals surface area (Å²) in [6.45, 7) is 5.50. The first-order valence-electron chi connectivity index (χ1n) is 5.36. The largest absolute Gasteiger partial charge is 0.497 e. The molecule has 1 aromatic rings. The first-order valence-corrected chi connectivity index (χ1v) is 5.36. The smallest absolute Gasteiger partial charge is 0.407 e. The van der Waals surface area contributed by atoms with Gasteiger partial charge in [0.05, 0.1) is 0 Å². The van der Waals surface area contributed by atoms with Gasteiger partial charge in [0.1, 0.15) is 6.33 Å². The predicted octanol–water partition coefficient (Wildman–Crippen LogP) is 1.02. The highest BCUT2D eigenvalue weighted by Crippen LogP contribution is 1.94. The van der Waals surface area contributed by atoms with Crippen molar-refractivity contribution in [3.05, 3.63) is 18.7 Å². The fourth-order valence-electron chi connectivity index (χ4n) is 1.12. The van der Waals surface area contributed by atoms with Crippen molar-refractivity contribution >= 4 is 12.6 Å². The van der Waals surface area contributed by atoms with Crippen LogP contribution in [0.15, 0.2) is 18.7 Å². The first-order chi connectivity index (χ1) is 7.38. The average Bonchev–Trinajstić information content (AvgIpc) is 2.30. The molecule has 0 aliphatic heterocycles. The molecule has 0 aliphatic carbocycles. The van der Waals surface area contributed by atoms with Gasteiger partial charge in [-0.3, -0.25) is 0 Å². The van der Waals surface area contributed by atoms with Gasteiger partial charge in [-0.15, -0.1) is 0 Å². The quantitative estimate of drug-likeness (QED) is 0.627. The van der Waals surface area contributed by atoms with E-state index in [1.165, 1.54) is 6.33 Å². The highest BCUT2D eigenvalue weighted by atomic mass is 16.6. The molecule has 0 aromatic carbocycles. The molecule has 1 aromatic heterocycles. The number of nitrogens with zero attached hydrogens (tertiary/aromatic N) is 2. The van der Waals surface area contributed by atoms with E-state index in [2.05, 4.69) is 23.8 Å². The molecule has 5 heteroatoms. The lowest BCUT2D eigenvalue weighted by Crippen LogP contribution is -2.38. The Bertz CT molecular complexity index is 251. The van der Waals surface area contributed by atoms with E-state index in [9.17, 15) is 0 Å². The molecule has 0 spiro atoms. The van der Waals surface area contributed by atoms with E-state index in [1.807, 2.05) is 0 Å². The normalized spacial score (nSPS) is 10.3. The maximum atomic E-state index is 5.58. The van der Waals surface area contributed by atoms with Gasteiger partial charge < -0.3 is 9.31 Å². The Morgan fingerprint density at radius 2 is 1.60 bits per heavy atom. The zero-order valence-corrected chi connectivity index (χ0v) is 9.35.